The van der Waals surface area contributed by atoms with Crippen LogP contribution in [0.15, 0.2) is 36.5 Å². The van der Waals surface area contributed by atoms with Crippen molar-refractivity contribution in [2.75, 3.05) is 44.0 Å². The standard InChI is InChI=1S/C24H30N6O2/c1-16-5-7-20(8-6-16)32-15-22(31)27-18-13-21-17(2)26-24(28-23(21)25-14-18)30-11-9-19(10-12-30)29(3)4/h5-8,13-14,19H,9-12,15H2,1-4H3,(H,27,31). The van der Waals surface area contributed by atoms with Crippen LogP contribution in [0.4, 0.5) is 11.6 Å². The van der Waals surface area contributed by atoms with Crippen LogP contribution < -0.4 is 15.0 Å². The zero-order valence-electron chi connectivity index (χ0n) is 19.1. The van der Waals surface area contributed by atoms with Gasteiger partial charge in [-0.2, -0.15) is 4.98 Å². The highest BCUT2D eigenvalue weighted by molar-refractivity contribution is 5.94. The number of aromatic nitrogens is 3. The van der Waals surface area contributed by atoms with Gasteiger partial charge in [0.25, 0.3) is 5.91 Å². The zero-order chi connectivity index (χ0) is 22.7. The van der Waals surface area contributed by atoms with E-state index in [1.54, 1.807) is 6.20 Å². The van der Waals surface area contributed by atoms with Gasteiger partial charge in [0.1, 0.15) is 5.75 Å². The van der Waals surface area contributed by atoms with Crippen LogP contribution in [-0.2, 0) is 4.79 Å². The number of piperidine rings is 1. The zero-order valence-corrected chi connectivity index (χ0v) is 19.1. The summed E-state index contributed by atoms with van der Waals surface area (Å²) in [7, 11) is 4.26. The van der Waals surface area contributed by atoms with Crippen LogP contribution in [0.1, 0.15) is 24.1 Å². The predicted molar refractivity (Wildman–Crippen MR) is 126 cm³/mol. The first-order valence-corrected chi connectivity index (χ1v) is 10.9. The Kier molecular flexibility index (Phi) is 6.50. The number of carbonyl (C=O) groups is 1. The molecule has 0 saturated carbocycles. The molecule has 0 atom stereocenters. The summed E-state index contributed by atoms with van der Waals surface area (Å²) in [6.45, 7) is 5.75. The molecule has 0 spiro atoms. The maximum absolute atomic E-state index is 12.3. The third-order valence-electron chi connectivity index (χ3n) is 5.88. The first kappa shape index (κ1) is 22.0. The highest BCUT2D eigenvalue weighted by Gasteiger charge is 2.23. The molecule has 168 valence electrons. The van der Waals surface area contributed by atoms with E-state index in [0.29, 0.717) is 23.1 Å². The van der Waals surface area contributed by atoms with E-state index in [1.165, 1.54) is 0 Å². The fourth-order valence-corrected chi connectivity index (χ4v) is 3.92. The number of pyridine rings is 1. The normalized spacial score (nSPS) is 14.7. The molecule has 3 heterocycles. The molecule has 8 heteroatoms. The highest BCUT2D eigenvalue weighted by Crippen LogP contribution is 2.24. The quantitative estimate of drug-likeness (QED) is 0.638. The molecule has 1 aromatic carbocycles. The third-order valence-corrected chi connectivity index (χ3v) is 5.88. The number of carbonyl (C=O) groups excluding carboxylic acids is 1. The SMILES string of the molecule is Cc1ccc(OCC(=O)Nc2cnc3nc(N4CCC(N(C)C)CC4)nc(C)c3c2)cc1. The Labute approximate surface area is 188 Å². The summed E-state index contributed by atoms with van der Waals surface area (Å²) in [6, 6.07) is 10.1. The van der Waals surface area contributed by atoms with Gasteiger partial charge in [0.15, 0.2) is 12.3 Å². The van der Waals surface area contributed by atoms with E-state index < -0.39 is 0 Å². The first-order valence-electron chi connectivity index (χ1n) is 10.9. The molecule has 8 nitrogen and oxygen atoms in total. The minimum atomic E-state index is -0.245. The lowest BCUT2D eigenvalue weighted by Crippen LogP contribution is -2.42. The largest absolute Gasteiger partial charge is 0.484 e. The summed E-state index contributed by atoms with van der Waals surface area (Å²) in [5.41, 5.74) is 3.22. The smallest absolute Gasteiger partial charge is 0.262 e. The summed E-state index contributed by atoms with van der Waals surface area (Å²) < 4.78 is 5.55. The Morgan fingerprint density at radius 2 is 1.88 bits per heavy atom. The van der Waals surface area contributed by atoms with E-state index in [1.807, 2.05) is 44.2 Å². The lowest BCUT2D eigenvalue weighted by atomic mass is 10.0. The van der Waals surface area contributed by atoms with Crippen molar-refractivity contribution in [2.45, 2.75) is 32.7 Å². The summed E-state index contributed by atoms with van der Waals surface area (Å²) in [4.78, 5) is 30.7. The maximum atomic E-state index is 12.3. The Morgan fingerprint density at radius 1 is 1.16 bits per heavy atom. The Balaban J connectivity index is 1.41. The van der Waals surface area contributed by atoms with Crippen LogP contribution in [0.5, 0.6) is 5.75 Å². The molecule has 1 fully saturated rings. The molecule has 0 bridgehead atoms. The number of nitrogens with zero attached hydrogens (tertiary/aromatic N) is 5. The van der Waals surface area contributed by atoms with Gasteiger partial charge in [0.05, 0.1) is 17.6 Å². The molecular formula is C24H30N6O2. The van der Waals surface area contributed by atoms with Crippen molar-refractivity contribution < 1.29 is 9.53 Å². The van der Waals surface area contributed by atoms with Crippen LogP contribution in [0.25, 0.3) is 11.0 Å². The second kappa shape index (κ2) is 9.48. The fraction of sp³-hybridized carbons (Fsp3) is 0.417. The van der Waals surface area contributed by atoms with Gasteiger partial charge in [-0.3, -0.25) is 4.79 Å². The van der Waals surface area contributed by atoms with Crippen molar-refractivity contribution in [2.24, 2.45) is 0 Å². The number of amides is 1. The molecule has 0 unspecified atom stereocenters. The van der Waals surface area contributed by atoms with Crippen molar-refractivity contribution in [3.63, 3.8) is 0 Å². The van der Waals surface area contributed by atoms with Crippen LogP contribution in [0.2, 0.25) is 0 Å². The minimum absolute atomic E-state index is 0.0710. The Bertz CT molecular complexity index is 1090. The molecule has 32 heavy (non-hydrogen) atoms. The molecule has 1 saturated heterocycles. The Hall–Kier alpha value is -3.26. The van der Waals surface area contributed by atoms with Gasteiger partial charge in [-0.05, 0) is 59.0 Å². The van der Waals surface area contributed by atoms with Crippen LogP contribution in [0.3, 0.4) is 0 Å². The lowest BCUT2D eigenvalue weighted by Gasteiger charge is -2.35. The van der Waals surface area contributed by atoms with Crippen molar-refractivity contribution in [1.82, 2.24) is 19.9 Å². The number of hydrogen-bond donors (Lipinski definition) is 1. The molecule has 0 radical (unpaired) electrons. The number of aryl methyl sites for hydroxylation is 2. The molecule has 2 aromatic heterocycles. The third kappa shape index (κ3) is 5.13. The molecular weight excluding hydrogens is 404 g/mol. The molecule has 1 N–H and O–H groups in total. The van der Waals surface area contributed by atoms with Gasteiger partial charge < -0.3 is 19.9 Å². The number of anilines is 2. The van der Waals surface area contributed by atoms with Crippen LogP contribution in [0, 0.1) is 13.8 Å². The van der Waals surface area contributed by atoms with Gasteiger partial charge >= 0.3 is 0 Å². The molecule has 4 rings (SSSR count). The van der Waals surface area contributed by atoms with Gasteiger partial charge in [0.2, 0.25) is 5.95 Å². The van der Waals surface area contributed by atoms with Crippen LogP contribution >= 0.6 is 0 Å². The monoisotopic (exact) mass is 434 g/mol. The Morgan fingerprint density at radius 3 is 2.56 bits per heavy atom. The average Bonchev–Trinajstić information content (AvgIpc) is 2.79. The van der Waals surface area contributed by atoms with Crippen molar-refractivity contribution in [1.29, 1.82) is 0 Å². The molecule has 1 aliphatic rings. The minimum Gasteiger partial charge on any atom is -0.484 e. The van der Waals surface area contributed by atoms with Crippen LogP contribution in [-0.4, -0.2) is 65.6 Å². The summed E-state index contributed by atoms with van der Waals surface area (Å²) in [5.74, 6) is 1.14. The van der Waals surface area contributed by atoms with E-state index >= 15 is 0 Å². The van der Waals surface area contributed by atoms with Crippen molar-refractivity contribution >= 4 is 28.6 Å². The number of ether oxygens (including phenoxy) is 1. The molecule has 0 aliphatic carbocycles. The number of fused-ring (bicyclic) bond motifs is 1. The summed E-state index contributed by atoms with van der Waals surface area (Å²) >= 11 is 0. The van der Waals surface area contributed by atoms with E-state index in [4.69, 9.17) is 9.72 Å². The van der Waals surface area contributed by atoms with E-state index in [2.05, 4.69) is 39.2 Å². The molecule has 1 amide bonds. The van der Waals surface area contributed by atoms with Gasteiger partial charge in [-0.25, -0.2) is 9.97 Å². The second-order valence-electron chi connectivity index (χ2n) is 8.54. The molecule has 3 aromatic rings. The predicted octanol–water partition coefficient (Wildman–Crippen LogP) is 3.19. The fourth-order valence-electron chi connectivity index (χ4n) is 3.92. The van der Waals surface area contributed by atoms with Gasteiger partial charge in [-0.1, -0.05) is 17.7 Å². The van der Waals surface area contributed by atoms with E-state index in [-0.39, 0.29) is 12.5 Å². The number of rotatable bonds is 6. The van der Waals surface area contributed by atoms with Gasteiger partial charge in [-0.15, -0.1) is 0 Å². The second-order valence-corrected chi connectivity index (χ2v) is 8.54. The topological polar surface area (TPSA) is 83.5 Å². The van der Waals surface area contributed by atoms with E-state index in [9.17, 15) is 4.79 Å². The van der Waals surface area contributed by atoms with Crippen molar-refractivity contribution in [3.05, 3.63) is 47.8 Å². The number of hydrogen-bond acceptors (Lipinski definition) is 7. The molecule has 1 aliphatic heterocycles. The summed E-state index contributed by atoms with van der Waals surface area (Å²) in [6.07, 6.45) is 3.81. The van der Waals surface area contributed by atoms with Crippen molar-refractivity contribution in [3.8, 4) is 5.75 Å². The first-order chi connectivity index (χ1) is 15.4. The highest BCUT2D eigenvalue weighted by atomic mass is 16.5. The van der Waals surface area contributed by atoms with Gasteiger partial charge in [0, 0.05) is 24.5 Å². The average molecular weight is 435 g/mol. The maximum Gasteiger partial charge on any atom is 0.262 e. The lowest BCUT2D eigenvalue weighted by molar-refractivity contribution is -0.118. The summed E-state index contributed by atoms with van der Waals surface area (Å²) in [5, 5.41) is 3.67. The number of nitrogens with one attached hydrogen (secondary N) is 1. The number of benzene rings is 1. The van der Waals surface area contributed by atoms with E-state index in [0.717, 1.165) is 48.5 Å².